The molecule has 4 rings (SSSR count). The molecule has 150 valence electrons. The minimum Gasteiger partial charge on any atom is -0.493 e. The Morgan fingerprint density at radius 3 is 2.03 bits per heavy atom. The molecule has 2 amide bonds. The second-order valence-electron chi connectivity index (χ2n) is 6.43. The number of hydroxylamine groups is 2. The number of nitrogens with zero attached hydrogens (tertiary/aromatic N) is 1. The fraction of sp³-hybridized carbons (Fsp3) is 0.0870. The van der Waals surface area contributed by atoms with E-state index >= 15 is 0 Å². The summed E-state index contributed by atoms with van der Waals surface area (Å²) in [5.74, 6) is -1.10. The third kappa shape index (κ3) is 3.48. The molecule has 0 spiro atoms. The van der Waals surface area contributed by atoms with Crippen molar-refractivity contribution in [3.05, 3.63) is 95.1 Å². The van der Waals surface area contributed by atoms with Gasteiger partial charge in [-0.25, -0.2) is 4.79 Å². The number of carbonyl (C=O) groups is 3. The minimum absolute atomic E-state index is 0.0633. The first-order valence-electron chi connectivity index (χ1n) is 9.14. The maximum Gasteiger partial charge on any atom is 0.364 e. The number of benzene rings is 3. The number of rotatable bonds is 6. The predicted molar refractivity (Wildman–Crippen MR) is 106 cm³/mol. The Kier molecular flexibility index (Phi) is 5.17. The van der Waals surface area contributed by atoms with Crippen LogP contribution in [0.3, 0.4) is 0 Å². The number of methoxy groups -OCH3 is 1. The van der Waals surface area contributed by atoms with Crippen LogP contribution in [0.15, 0.2) is 72.8 Å². The van der Waals surface area contributed by atoms with Crippen LogP contribution in [0.1, 0.15) is 36.6 Å². The van der Waals surface area contributed by atoms with Gasteiger partial charge in [-0.05, 0) is 30.3 Å². The van der Waals surface area contributed by atoms with Crippen LogP contribution in [0.5, 0.6) is 11.5 Å². The van der Waals surface area contributed by atoms with Crippen LogP contribution in [0.4, 0.5) is 0 Å². The molecule has 0 unspecified atom stereocenters. The van der Waals surface area contributed by atoms with Crippen LogP contribution >= 0.6 is 0 Å². The Balaban J connectivity index is 1.52. The molecule has 0 saturated carbocycles. The fourth-order valence-electron chi connectivity index (χ4n) is 3.12. The summed E-state index contributed by atoms with van der Waals surface area (Å²) in [5, 5.41) is 0.491. The molecule has 7 nitrogen and oxygen atoms in total. The quantitative estimate of drug-likeness (QED) is 0.585. The highest BCUT2D eigenvalue weighted by Crippen LogP contribution is 2.28. The van der Waals surface area contributed by atoms with Crippen LogP contribution in [-0.2, 0) is 11.4 Å². The van der Waals surface area contributed by atoms with Crippen LogP contribution in [0, 0.1) is 0 Å². The maximum absolute atomic E-state index is 12.7. The predicted octanol–water partition coefficient (Wildman–Crippen LogP) is 3.64. The number of hydrogen-bond acceptors (Lipinski definition) is 6. The SMILES string of the molecule is COc1ccccc1OCc1ccccc1C(=O)ON1C(=O)c2ccccc2C1=O. The minimum atomic E-state index is -0.830. The number of para-hydroxylation sites is 2. The summed E-state index contributed by atoms with van der Waals surface area (Å²) in [5.41, 5.74) is 1.11. The van der Waals surface area contributed by atoms with Gasteiger partial charge in [0.05, 0.1) is 23.8 Å². The first-order chi connectivity index (χ1) is 14.6. The average molecular weight is 403 g/mol. The smallest absolute Gasteiger partial charge is 0.364 e. The molecule has 0 N–H and O–H groups in total. The normalized spacial score (nSPS) is 12.5. The summed E-state index contributed by atoms with van der Waals surface area (Å²) in [6.07, 6.45) is 0. The lowest BCUT2D eigenvalue weighted by molar-refractivity contribution is -0.0585. The Morgan fingerprint density at radius 1 is 0.800 bits per heavy atom. The maximum atomic E-state index is 12.7. The Labute approximate surface area is 172 Å². The second-order valence-corrected chi connectivity index (χ2v) is 6.43. The molecule has 3 aromatic rings. The molecule has 0 atom stereocenters. The van der Waals surface area contributed by atoms with Gasteiger partial charge in [0, 0.05) is 5.56 Å². The zero-order valence-corrected chi connectivity index (χ0v) is 16.0. The Hall–Kier alpha value is -4.13. The van der Waals surface area contributed by atoms with Gasteiger partial charge in [-0.15, -0.1) is 0 Å². The molecule has 0 radical (unpaired) electrons. The molecule has 0 fully saturated rings. The van der Waals surface area contributed by atoms with E-state index in [-0.39, 0.29) is 23.3 Å². The van der Waals surface area contributed by atoms with Crippen molar-refractivity contribution < 1.29 is 28.7 Å². The van der Waals surface area contributed by atoms with Crippen molar-refractivity contribution in [1.82, 2.24) is 5.06 Å². The lowest BCUT2D eigenvalue weighted by Gasteiger charge is -2.15. The molecule has 0 bridgehead atoms. The highest BCUT2D eigenvalue weighted by Gasteiger charge is 2.39. The molecule has 1 heterocycles. The molecule has 0 aliphatic carbocycles. The highest BCUT2D eigenvalue weighted by molar-refractivity contribution is 6.21. The highest BCUT2D eigenvalue weighted by atomic mass is 16.7. The van der Waals surface area contributed by atoms with Crippen molar-refractivity contribution in [2.75, 3.05) is 7.11 Å². The van der Waals surface area contributed by atoms with Gasteiger partial charge >= 0.3 is 5.97 Å². The molecule has 7 heteroatoms. The van der Waals surface area contributed by atoms with E-state index in [0.717, 1.165) is 0 Å². The van der Waals surface area contributed by atoms with Gasteiger partial charge in [-0.2, -0.15) is 0 Å². The van der Waals surface area contributed by atoms with Gasteiger partial charge in [0.1, 0.15) is 6.61 Å². The van der Waals surface area contributed by atoms with E-state index in [4.69, 9.17) is 14.3 Å². The van der Waals surface area contributed by atoms with Gasteiger partial charge in [-0.3, -0.25) is 9.59 Å². The van der Waals surface area contributed by atoms with E-state index in [2.05, 4.69) is 0 Å². The average Bonchev–Trinajstić information content (AvgIpc) is 3.03. The Bertz CT molecular complexity index is 1100. The summed E-state index contributed by atoms with van der Waals surface area (Å²) in [6, 6.07) is 20.1. The van der Waals surface area contributed by atoms with Gasteiger partial charge in [0.2, 0.25) is 0 Å². The lowest BCUT2D eigenvalue weighted by Crippen LogP contribution is -2.33. The number of amides is 2. The fourth-order valence-corrected chi connectivity index (χ4v) is 3.12. The van der Waals surface area contributed by atoms with E-state index in [1.165, 1.54) is 19.2 Å². The standard InChI is InChI=1S/C23H17NO6/c1-28-19-12-6-7-13-20(19)29-14-15-8-2-3-9-16(15)23(27)30-24-21(25)17-10-4-5-11-18(17)22(24)26/h2-13H,14H2,1H3. The first kappa shape index (κ1) is 19.2. The van der Waals surface area contributed by atoms with Gasteiger partial charge in [-0.1, -0.05) is 47.5 Å². The van der Waals surface area contributed by atoms with Gasteiger partial charge < -0.3 is 14.3 Å². The zero-order valence-electron chi connectivity index (χ0n) is 16.0. The number of ether oxygens (including phenoxy) is 2. The monoisotopic (exact) mass is 403 g/mol. The largest absolute Gasteiger partial charge is 0.493 e. The molecule has 0 aromatic heterocycles. The third-order valence-corrected chi connectivity index (χ3v) is 4.62. The van der Waals surface area contributed by atoms with Crippen molar-refractivity contribution in [2.45, 2.75) is 6.61 Å². The molecule has 1 aliphatic rings. The zero-order chi connectivity index (χ0) is 21.1. The van der Waals surface area contributed by atoms with E-state index in [9.17, 15) is 14.4 Å². The summed E-state index contributed by atoms with van der Waals surface area (Å²) in [6.45, 7) is 0.0633. The molecular formula is C23H17NO6. The molecule has 3 aromatic carbocycles. The van der Waals surface area contributed by atoms with Gasteiger partial charge in [0.15, 0.2) is 11.5 Å². The van der Waals surface area contributed by atoms with Crippen LogP contribution in [0.2, 0.25) is 0 Å². The van der Waals surface area contributed by atoms with Crippen molar-refractivity contribution in [3.63, 3.8) is 0 Å². The summed E-state index contributed by atoms with van der Waals surface area (Å²) in [7, 11) is 1.54. The molecule has 0 saturated heterocycles. The number of hydrogen-bond donors (Lipinski definition) is 0. The second kappa shape index (κ2) is 8.08. The van der Waals surface area contributed by atoms with Crippen molar-refractivity contribution in [2.24, 2.45) is 0 Å². The van der Waals surface area contributed by atoms with E-state index in [1.807, 2.05) is 6.07 Å². The third-order valence-electron chi connectivity index (χ3n) is 4.62. The van der Waals surface area contributed by atoms with Crippen molar-refractivity contribution in [1.29, 1.82) is 0 Å². The van der Waals surface area contributed by atoms with Crippen molar-refractivity contribution in [3.8, 4) is 11.5 Å². The van der Waals surface area contributed by atoms with Crippen LogP contribution in [-0.4, -0.2) is 30.0 Å². The number of carbonyl (C=O) groups excluding carboxylic acids is 3. The summed E-state index contributed by atoms with van der Waals surface area (Å²) in [4.78, 5) is 42.8. The topological polar surface area (TPSA) is 82.1 Å². The van der Waals surface area contributed by atoms with Gasteiger partial charge in [0.25, 0.3) is 11.8 Å². The number of imide groups is 1. The summed E-state index contributed by atoms with van der Waals surface area (Å²) < 4.78 is 11.0. The van der Waals surface area contributed by atoms with Crippen molar-refractivity contribution >= 4 is 17.8 Å². The molecule has 1 aliphatic heterocycles. The molecule has 30 heavy (non-hydrogen) atoms. The Morgan fingerprint density at radius 2 is 1.37 bits per heavy atom. The van der Waals surface area contributed by atoms with E-state index in [1.54, 1.807) is 54.6 Å². The van der Waals surface area contributed by atoms with E-state index < -0.39 is 17.8 Å². The van der Waals surface area contributed by atoms with Crippen LogP contribution in [0.25, 0.3) is 0 Å². The first-order valence-corrected chi connectivity index (χ1v) is 9.14. The van der Waals surface area contributed by atoms with E-state index in [0.29, 0.717) is 22.1 Å². The molecular weight excluding hydrogens is 386 g/mol. The lowest BCUT2D eigenvalue weighted by atomic mass is 10.1. The number of fused-ring (bicyclic) bond motifs is 1. The van der Waals surface area contributed by atoms with Crippen LogP contribution < -0.4 is 9.47 Å². The summed E-state index contributed by atoms with van der Waals surface area (Å²) >= 11 is 0.